The molecule has 0 saturated heterocycles. The second-order valence-electron chi connectivity index (χ2n) is 6.46. The Hall–Kier alpha value is -1.85. The minimum Gasteiger partial charge on any atom is -0.461 e. The molecule has 0 amide bonds. The normalized spacial score (nSPS) is 21.7. The smallest absolute Gasteiger partial charge is 0.310 e. The van der Waals surface area contributed by atoms with E-state index in [1.54, 1.807) is 13.8 Å². The standard InChI is InChI=1S/C17H18F4O2/c1-8-10(9(2)13(19)6-12(8)18)7-23-16(22)15-11(5-14(20)21)17(15,3)4/h5-6,11,15H,7H2,1-4H3/t11-,15+/m1/s1. The van der Waals surface area contributed by atoms with E-state index in [2.05, 4.69) is 0 Å². The van der Waals surface area contributed by atoms with Gasteiger partial charge >= 0.3 is 5.97 Å². The van der Waals surface area contributed by atoms with Gasteiger partial charge in [0.2, 0.25) is 0 Å². The molecule has 0 aliphatic heterocycles. The Labute approximate surface area is 132 Å². The summed E-state index contributed by atoms with van der Waals surface area (Å²) in [5, 5.41) is 0. The number of carbonyl (C=O) groups is 1. The SMILES string of the molecule is Cc1c(F)cc(F)c(C)c1COC(=O)[C@@H]1[C@@H](C=C(F)F)C1(C)C. The number of allylic oxidation sites excluding steroid dienone is 1. The van der Waals surface area contributed by atoms with Crippen LogP contribution in [0.15, 0.2) is 18.2 Å². The molecule has 1 saturated carbocycles. The lowest BCUT2D eigenvalue weighted by molar-refractivity contribution is -0.147. The molecule has 0 heterocycles. The maximum Gasteiger partial charge on any atom is 0.310 e. The van der Waals surface area contributed by atoms with Crippen LogP contribution < -0.4 is 0 Å². The Morgan fingerprint density at radius 1 is 1.22 bits per heavy atom. The first-order valence-electron chi connectivity index (χ1n) is 7.21. The second kappa shape index (κ2) is 5.98. The third kappa shape index (κ3) is 3.26. The van der Waals surface area contributed by atoms with Crippen molar-refractivity contribution in [3.05, 3.63) is 46.5 Å². The first kappa shape index (κ1) is 17.5. The molecule has 23 heavy (non-hydrogen) atoms. The zero-order valence-electron chi connectivity index (χ0n) is 13.3. The number of ether oxygens (including phenoxy) is 1. The van der Waals surface area contributed by atoms with Gasteiger partial charge in [-0.3, -0.25) is 4.79 Å². The average Bonchev–Trinajstić information content (AvgIpc) is 2.96. The van der Waals surface area contributed by atoms with Crippen molar-refractivity contribution < 1.29 is 27.1 Å². The largest absolute Gasteiger partial charge is 0.461 e. The summed E-state index contributed by atoms with van der Waals surface area (Å²) in [6, 6.07) is 0.783. The van der Waals surface area contributed by atoms with Gasteiger partial charge in [0.25, 0.3) is 6.08 Å². The van der Waals surface area contributed by atoms with Crippen LogP contribution in [0.25, 0.3) is 0 Å². The van der Waals surface area contributed by atoms with Crippen LogP contribution in [-0.4, -0.2) is 5.97 Å². The second-order valence-corrected chi connectivity index (χ2v) is 6.46. The van der Waals surface area contributed by atoms with E-state index in [4.69, 9.17) is 4.74 Å². The van der Waals surface area contributed by atoms with Crippen molar-refractivity contribution in [2.45, 2.75) is 34.3 Å². The molecule has 0 aromatic heterocycles. The minimum atomic E-state index is -1.84. The molecular weight excluding hydrogens is 312 g/mol. The van der Waals surface area contributed by atoms with Crippen LogP contribution in [0.5, 0.6) is 0 Å². The molecule has 2 rings (SSSR count). The fourth-order valence-corrected chi connectivity index (χ4v) is 2.92. The molecule has 0 N–H and O–H groups in total. The fraction of sp³-hybridized carbons (Fsp3) is 0.471. The summed E-state index contributed by atoms with van der Waals surface area (Å²) in [5.41, 5.74) is 0.0618. The molecule has 1 aliphatic rings. The number of hydrogen-bond donors (Lipinski definition) is 0. The molecule has 2 atom stereocenters. The highest BCUT2D eigenvalue weighted by Crippen LogP contribution is 2.60. The summed E-state index contributed by atoms with van der Waals surface area (Å²) < 4.78 is 57.0. The highest BCUT2D eigenvalue weighted by molar-refractivity contribution is 5.78. The maximum atomic E-state index is 13.6. The van der Waals surface area contributed by atoms with Gasteiger partial charge in [0.15, 0.2) is 0 Å². The molecule has 1 aromatic rings. The van der Waals surface area contributed by atoms with Gasteiger partial charge in [-0.15, -0.1) is 0 Å². The molecule has 1 fully saturated rings. The Morgan fingerprint density at radius 3 is 2.22 bits per heavy atom. The van der Waals surface area contributed by atoms with E-state index in [1.165, 1.54) is 13.8 Å². The van der Waals surface area contributed by atoms with Crippen LogP contribution in [0, 0.1) is 42.7 Å². The summed E-state index contributed by atoms with van der Waals surface area (Å²) in [7, 11) is 0. The lowest BCUT2D eigenvalue weighted by atomic mass is 10.0. The number of rotatable bonds is 4. The van der Waals surface area contributed by atoms with Crippen LogP contribution in [0.3, 0.4) is 0 Å². The van der Waals surface area contributed by atoms with Gasteiger partial charge in [0.05, 0.1) is 5.92 Å². The molecule has 2 nitrogen and oxygen atoms in total. The highest BCUT2D eigenvalue weighted by atomic mass is 19.3. The van der Waals surface area contributed by atoms with Crippen molar-refractivity contribution in [1.82, 2.24) is 0 Å². The van der Waals surface area contributed by atoms with Gasteiger partial charge in [0.1, 0.15) is 18.2 Å². The first-order valence-corrected chi connectivity index (χ1v) is 7.21. The predicted molar refractivity (Wildman–Crippen MR) is 76.7 cm³/mol. The zero-order valence-corrected chi connectivity index (χ0v) is 13.3. The molecule has 0 unspecified atom stereocenters. The first-order chi connectivity index (χ1) is 10.6. The zero-order chi connectivity index (χ0) is 17.5. The lowest BCUT2D eigenvalue weighted by Gasteiger charge is -2.12. The molecule has 6 heteroatoms. The summed E-state index contributed by atoms with van der Waals surface area (Å²) in [4.78, 5) is 12.1. The van der Waals surface area contributed by atoms with Crippen LogP contribution in [-0.2, 0) is 16.1 Å². The number of carbonyl (C=O) groups excluding carboxylic acids is 1. The molecule has 126 valence electrons. The van der Waals surface area contributed by atoms with Crippen molar-refractivity contribution in [2.75, 3.05) is 0 Å². The molecule has 0 spiro atoms. The predicted octanol–water partition coefficient (Wildman–Crippen LogP) is 4.68. The van der Waals surface area contributed by atoms with Gasteiger partial charge in [-0.25, -0.2) is 8.78 Å². The van der Waals surface area contributed by atoms with E-state index in [9.17, 15) is 22.4 Å². The van der Waals surface area contributed by atoms with Crippen LogP contribution in [0.2, 0.25) is 0 Å². The van der Waals surface area contributed by atoms with E-state index in [-0.39, 0.29) is 23.3 Å². The summed E-state index contributed by atoms with van der Waals surface area (Å²) in [6.07, 6.45) is -1.08. The molecule has 1 aromatic carbocycles. The van der Waals surface area contributed by atoms with E-state index < -0.39 is 40.9 Å². The van der Waals surface area contributed by atoms with Crippen LogP contribution >= 0.6 is 0 Å². The summed E-state index contributed by atoms with van der Waals surface area (Å²) in [6.45, 7) is 6.04. The van der Waals surface area contributed by atoms with Crippen LogP contribution in [0.1, 0.15) is 30.5 Å². The van der Waals surface area contributed by atoms with Gasteiger partial charge in [-0.05, 0) is 36.5 Å². The number of hydrogen-bond acceptors (Lipinski definition) is 2. The number of esters is 1. The number of halogens is 4. The molecule has 0 bridgehead atoms. The van der Waals surface area contributed by atoms with Gasteiger partial charge in [0, 0.05) is 17.5 Å². The Morgan fingerprint density at radius 2 is 1.74 bits per heavy atom. The summed E-state index contributed by atoms with van der Waals surface area (Å²) >= 11 is 0. The summed E-state index contributed by atoms with van der Waals surface area (Å²) in [5.74, 6) is -3.34. The van der Waals surface area contributed by atoms with E-state index >= 15 is 0 Å². The number of benzene rings is 1. The average molecular weight is 330 g/mol. The van der Waals surface area contributed by atoms with Gasteiger partial charge in [-0.2, -0.15) is 8.78 Å². The highest BCUT2D eigenvalue weighted by Gasteiger charge is 2.62. The minimum absolute atomic E-state index is 0.206. The van der Waals surface area contributed by atoms with Gasteiger partial charge < -0.3 is 4.74 Å². The third-order valence-corrected chi connectivity index (χ3v) is 4.70. The van der Waals surface area contributed by atoms with Crippen molar-refractivity contribution in [1.29, 1.82) is 0 Å². The maximum absolute atomic E-state index is 13.6. The van der Waals surface area contributed by atoms with E-state index in [1.807, 2.05) is 0 Å². The van der Waals surface area contributed by atoms with Crippen molar-refractivity contribution in [3.8, 4) is 0 Å². The third-order valence-electron chi connectivity index (χ3n) is 4.70. The quantitative estimate of drug-likeness (QED) is 0.592. The lowest BCUT2D eigenvalue weighted by Crippen LogP contribution is -2.12. The topological polar surface area (TPSA) is 26.3 Å². The monoisotopic (exact) mass is 330 g/mol. The Balaban J connectivity index is 2.11. The molecular formula is C17H18F4O2. The van der Waals surface area contributed by atoms with E-state index in [0.717, 1.165) is 12.1 Å². The van der Waals surface area contributed by atoms with Crippen molar-refractivity contribution in [3.63, 3.8) is 0 Å². The van der Waals surface area contributed by atoms with Crippen molar-refractivity contribution in [2.24, 2.45) is 17.3 Å². The molecule has 0 radical (unpaired) electrons. The Bertz CT molecular complexity index is 649. The van der Waals surface area contributed by atoms with Crippen molar-refractivity contribution >= 4 is 5.97 Å². The molecule has 1 aliphatic carbocycles. The van der Waals surface area contributed by atoms with Crippen LogP contribution in [0.4, 0.5) is 17.6 Å². The Kier molecular flexibility index (Phi) is 4.55. The fourth-order valence-electron chi connectivity index (χ4n) is 2.92. The van der Waals surface area contributed by atoms with E-state index in [0.29, 0.717) is 0 Å². The van der Waals surface area contributed by atoms with Gasteiger partial charge in [-0.1, -0.05) is 13.8 Å².